The number of carbonyl (C=O) groups is 1. The normalized spacial score (nSPS) is 16.1. The molecule has 0 aliphatic carbocycles. The highest BCUT2D eigenvalue weighted by atomic mass is 35.5. The second kappa shape index (κ2) is 7.45. The number of hydrogen-bond acceptors (Lipinski definition) is 3. The second-order valence-corrected chi connectivity index (χ2v) is 9.20. The molecule has 146 valence electrons. The van der Waals surface area contributed by atoms with Gasteiger partial charge in [0, 0.05) is 44.6 Å². The molecule has 1 N–H and O–H groups in total. The Morgan fingerprint density at radius 1 is 1.39 bits per heavy atom. The van der Waals surface area contributed by atoms with Crippen LogP contribution in [0.25, 0.3) is 10.9 Å². The van der Waals surface area contributed by atoms with Crippen molar-refractivity contribution in [3.8, 4) is 0 Å². The van der Waals surface area contributed by atoms with E-state index in [4.69, 9.17) is 11.6 Å². The van der Waals surface area contributed by atoms with Crippen LogP contribution in [0, 0.1) is 6.92 Å². The van der Waals surface area contributed by atoms with E-state index in [-0.39, 0.29) is 18.3 Å². The molecule has 1 aliphatic rings. The Morgan fingerprint density at radius 2 is 2.18 bits per heavy atom. The second-order valence-electron chi connectivity index (χ2n) is 7.71. The molecular formula is C22H23ClN2O2S. The van der Waals surface area contributed by atoms with Gasteiger partial charge in [-0.2, -0.15) is 0 Å². The van der Waals surface area contributed by atoms with Crippen LogP contribution < -0.4 is 0 Å². The molecular weight excluding hydrogens is 392 g/mol. The SMILES string of the molecule is Cc1cc(Sc2c3n(c4ccnc(C(C)C)c24)CCC3CC(=O)O)ccc1Cl. The van der Waals surface area contributed by atoms with E-state index >= 15 is 0 Å². The van der Waals surface area contributed by atoms with E-state index < -0.39 is 5.97 Å². The number of benzene rings is 1. The fourth-order valence-corrected chi connectivity index (χ4v) is 5.54. The summed E-state index contributed by atoms with van der Waals surface area (Å²) in [5, 5.41) is 11.3. The minimum Gasteiger partial charge on any atom is -0.481 e. The zero-order chi connectivity index (χ0) is 20.0. The van der Waals surface area contributed by atoms with Gasteiger partial charge in [-0.1, -0.05) is 37.2 Å². The molecule has 0 spiro atoms. The topological polar surface area (TPSA) is 55.1 Å². The summed E-state index contributed by atoms with van der Waals surface area (Å²) >= 11 is 7.91. The molecule has 1 atom stereocenters. The summed E-state index contributed by atoms with van der Waals surface area (Å²) < 4.78 is 2.31. The maximum atomic E-state index is 11.5. The van der Waals surface area contributed by atoms with Gasteiger partial charge >= 0.3 is 5.97 Å². The van der Waals surface area contributed by atoms with E-state index in [2.05, 4.69) is 35.5 Å². The van der Waals surface area contributed by atoms with Gasteiger partial charge in [0.2, 0.25) is 0 Å². The fourth-order valence-electron chi connectivity index (χ4n) is 4.12. The molecule has 0 fully saturated rings. The lowest BCUT2D eigenvalue weighted by Gasteiger charge is -2.13. The molecule has 6 heteroatoms. The fraction of sp³-hybridized carbons (Fsp3) is 0.364. The van der Waals surface area contributed by atoms with Gasteiger partial charge < -0.3 is 9.67 Å². The Balaban J connectivity index is 1.93. The Kier molecular flexibility index (Phi) is 5.15. The van der Waals surface area contributed by atoms with Crippen molar-refractivity contribution in [1.29, 1.82) is 0 Å². The average Bonchev–Trinajstić information content (AvgIpc) is 3.17. The highest BCUT2D eigenvalue weighted by Crippen LogP contribution is 2.48. The van der Waals surface area contributed by atoms with Crippen LogP contribution in [-0.2, 0) is 11.3 Å². The minimum absolute atomic E-state index is 0.0285. The van der Waals surface area contributed by atoms with Crippen molar-refractivity contribution in [2.75, 3.05) is 0 Å². The third-order valence-corrected chi connectivity index (χ3v) is 6.94. The van der Waals surface area contributed by atoms with Crippen LogP contribution in [-0.4, -0.2) is 20.6 Å². The van der Waals surface area contributed by atoms with E-state index in [1.165, 1.54) is 5.39 Å². The highest BCUT2D eigenvalue weighted by molar-refractivity contribution is 7.99. The van der Waals surface area contributed by atoms with Crippen LogP contribution >= 0.6 is 23.4 Å². The molecule has 0 radical (unpaired) electrons. The standard InChI is InChI=1S/C22H23ClN2O2S/c1-12(2)20-19-17(6-8-24-20)25-9-7-14(11-18(26)27)21(25)22(19)28-15-4-5-16(23)13(3)10-15/h4-6,8,10,12,14H,7,9,11H2,1-3H3,(H,26,27). The van der Waals surface area contributed by atoms with Crippen molar-refractivity contribution < 1.29 is 9.90 Å². The van der Waals surface area contributed by atoms with Crippen molar-refractivity contribution in [3.63, 3.8) is 0 Å². The number of carboxylic acids is 1. The van der Waals surface area contributed by atoms with Crippen LogP contribution in [0.1, 0.15) is 55.5 Å². The lowest BCUT2D eigenvalue weighted by Crippen LogP contribution is -2.04. The number of carboxylic acid groups (broad SMARTS) is 1. The molecule has 4 rings (SSSR count). The van der Waals surface area contributed by atoms with Gasteiger partial charge in [-0.05, 0) is 49.1 Å². The van der Waals surface area contributed by atoms with Crippen molar-refractivity contribution in [1.82, 2.24) is 9.55 Å². The van der Waals surface area contributed by atoms with Crippen LogP contribution in [0.2, 0.25) is 5.02 Å². The minimum atomic E-state index is -0.746. The summed E-state index contributed by atoms with van der Waals surface area (Å²) in [5.74, 6) is -0.430. The zero-order valence-corrected chi connectivity index (χ0v) is 17.8. The summed E-state index contributed by atoms with van der Waals surface area (Å²) in [5.41, 5.74) is 4.41. The number of fused-ring (bicyclic) bond motifs is 3. The summed E-state index contributed by atoms with van der Waals surface area (Å²) in [4.78, 5) is 18.4. The number of aryl methyl sites for hydroxylation is 2. The number of nitrogens with zero attached hydrogens (tertiary/aromatic N) is 2. The number of halogens is 1. The van der Waals surface area contributed by atoms with E-state index in [9.17, 15) is 9.90 Å². The van der Waals surface area contributed by atoms with E-state index in [0.717, 1.165) is 50.2 Å². The molecule has 1 aliphatic heterocycles. The molecule has 0 bridgehead atoms. The van der Waals surface area contributed by atoms with Crippen LogP contribution in [0.4, 0.5) is 0 Å². The molecule has 0 saturated carbocycles. The summed E-state index contributed by atoms with van der Waals surface area (Å²) in [7, 11) is 0. The number of rotatable bonds is 5. The summed E-state index contributed by atoms with van der Waals surface area (Å²) in [6.45, 7) is 7.16. The van der Waals surface area contributed by atoms with Crippen molar-refractivity contribution in [2.24, 2.45) is 0 Å². The molecule has 28 heavy (non-hydrogen) atoms. The first-order valence-electron chi connectivity index (χ1n) is 9.53. The lowest BCUT2D eigenvalue weighted by molar-refractivity contribution is -0.137. The van der Waals surface area contributed by atoms with Gasteiger partial charge in [-0.25, -0.2) is 0 Å². The van der Waals surface area contributed by atoms with Crippen molar-refractivity contribution in [3.05, 3.63) is 52.4 Å². The van der Waals surface area contributed by atoms with Gasteiger partial charge in [0.05, 0.1) is 17.6 Å². The first kappa shape index (κ1) is 19.3. The average molecular weight is 415 g/mol. The smallest absolute Gasteiger partial charge is 0.304 e. The maximum Gasteiger partial charge on any atom is 0.304 e. The molecule has 0 saturated heterocycles. The molecule has 0 amide bonds. The van der Waals surface area contributed by atoms with Crippen molar-refractivity contribution >= 4 is 40.2 Å². The first-order chi connectivity index (χ1) is 13.4. The van der Waals surface area contributed by atoms with Gasteiger partial charge in [0.15, 0.2) is 0 Å². The van der Waals surface area contributed by atoms with Gasteiger partial charge in [-0.3, -0.25) is 9.78 Å². The Hall–Kier alpha value is -1.98. The predicted octanol–water partition coefficient (Wildman–Crippen LogP) is 6.23. The third kappa shape index (κ3) is 3.31. The van der Waals surface area contributed by atoms with Crippen LogP contribution in [0.5, 0.6) is 0 Å². The zero-order valence-electron chi connectivity index (χ0n) is 16.2. The predicted molar refractivity (Wildman–Crippen MR) is 114 cm³/mol. The van der Waals surface area contributed by atoms with Crippen LogP contribution in [0.15, 0.2) is 40.3 Å². The van der Waals surface area contributed by atoms with Gasteiger partial charge in [0.25, 0.3) is 0 Å². The summed E-state index contributed by atoms with van der Waals surface area (Å²) in [6, 6.07) is 8.11. The van der Waals surface area contributed by atoms with E-state index in [1.54, 1.807) is 11.8 Å². The van der Waals surface area contributed by atoms with E-state index in [0.29, 0.717) is 0 Å². The maximum absolute atomic E-state index is 11.5. The number of pyridine rings is 1. The largest absolute Gasteiger partial charge is 0.481 e. The molecule has 4 nitrogen and oxygen atoms in total. The molecule has 1 unspecified atom stereocenters. The molecule has 3 aromatic rings. The van der Waals surface area contributed by atoms with Crippen LogP contribution in [0.3, 0.4) is 0 Å². The van der Waals surface area contributed by atoms with E-state index in [1.807, 2.05) is 25.3 Å². The number of hydrogen-bond donors (Lipinski definition) is 1. The molecule has 3 heterocycles. The van der Waals surface area contributed by atoms with Gasteiger partial charge in [-0.15, -0.1) is 0 Å². The Morgan fingerprint density at radius 3 is 2.86 bits per heavy atom. The number of aliphatic carboxylic acids is 1. The molecule has 2 aromatic heterocycles. The summed E-state index contributed by atoms with van der Waals surface area (Å²) in [6.07, 6.45) is 2.90. The monoisotopic (exact) mass is 414 g/mol. The third-order valence-electron chi connectivity index (χ3n) is 5.40. The first-order valence-corrected chi connectivity index (χ1v) is 10.7. The highest BCUT2D eigenvalue weighted by Gasteiger charge is 2.32. The molecule has 1 aromatic carbocycles. The lowest BCUT2D eigenvalue weighted by atomic mass is 9.99. The van der Waals surface area contributed by atoms with Crippen molar-refractivity contribution in [2.45, 2.75) is 61.8 Å². The quantitative estimate of drug-likeness (QED) is 0.537. The Labute approximate surface area is 173 Å². The van der Waals surface area contributed by atoms with Gasteiger partial charge in [0.1, 0.15) is 0 Å². The number of aromatic nitrogens is 2. The Bertz CT molecular complexity index is 1070.